The summed E-state index contributed by atoms with van der Waals surface area (Å²) in [5.74, 6) is 0.388. The highest BCUT2D eigenvalue weighted by Gasteiger charge is 2.08. The van der Waals surface area contributed by atoms with Gasteiger partial charge >= 0.3 is 0 Å². The van der Waals surface area contributed by atoms with Gasteiger partial charge in [-0.15, -0.1) is 0 Å². The van der Waals surface area contributed by atoms with Crippen LogP contribution in [0.4, 0.5) is 5.82 Å². The summed E-state index contributed by atoms with van der Waals surface area (Å²) in [5, 5.41) is 11.8. The van der Waals surface area contributed by atoms with E-state index in [1.807, 2.05) is 18.2 Å². The van der Waals surface area contributed by atoms with Crippen molar-refractivity contribution in [2.75, 3.05) is 5.32 Å². The lowest BCUT2D eigenvalue weighted by molar-refractivity contribution is 0.112. The van der Waals surface area contributed by atoms with E-state index >= 15 is 0 Å². The van der Waals surface area contributed by atoms with Gasteiger partial charge in [0.05, 0.1) is 17.2 Å². The Bertz CT molecular complexity index is 634. The van der Waals surface area contributed by atoms with E-state index in [4.69, 9.17) is 16.9 Å². The van der Waals surface area contributed by atoms with Gasteiger partial charge in [-0.05, 0) is 17.7 Å². The molecule has 0 unspecified atom stereocenters. The molecule has 0 fully saturated rings. The Morgan fingerprint density at radius 1 is 1.32 bits per heavy atom. The third kappa shape index (κ3) is 3.06. The summed E-state index contributed by atoms with van der Waals surface area (Å²) in [5.41, 5.74) is 1.80. The van der Waals surface area contributed by atoms with Gasteiger partial charge in [0, 0.05) is 6.54 Å². The van der Waals surface area contributed by atoms with Gasteiger partial charge < -0.3 is 5.32 Å². The monoisotopic (exact) mass is 272 g/mol. The fourth-order valence-corrected chi connectivity index (χ4v) is 1.68. The number of aromatic nitrogens is 2. The van der Waals surface area contributed by atoms with E-state index in [-0.39, 0.29) is 10.7 Å². The molecule has 1 N–H and O–H groups in total. The number of carbonyl (C=O) groups is 1. The van der Waals surface area contributed by atoms with E-state index in [2.05, 4.69) is 15.3 Å². The third-order valence-corrected chi connectivity index (χ3v) is 2.80. The van der Waals surface area contributed by atoms with Crippen LogP contribution in [0.5, 0.6) is 0 Å². The van der Waals surface area contributed by atoms with Crippen molar-refractivity contribution in [1.82, 2.24) is 9.97 Å². The highest BCUT2D eigenvalue weighted by Crippen LogP contribution is 2.18. The SMILES string of the molecule is N#Cc1ccc(CNc2ncnc(Cl)c2C=O)cc1. The van der Waals surface area contributed by atoms with Crippen molar-refractivity contribution in [3.63, 3.8) is 0 Å². The van der Waals surface area contributed by atoms with Crippen LogP contribution >= 0.6 is 11.6 Å². The molecule has 0 atom stereocenters. The number of nitrogens with one attached hydrogen (secondary N) is 1. The molecule has 0 spiro atoms. The molecule has 1 aromatic carbocycles. The molecule has 0 aliphatic carbocycles. The molecule has 94 valence electrons. The van der Waals surface area contributed by atoms with Gasteiger partial charge in [0.1, 0.15) is 17.3 Å². The summed E-state index contributed by atoms with van der Waals surface area (Å²) in [6, 6.07) is 9.16. The topological polar surface area (TPSA) is 78.7 Å². The lowest BCUT2D eigenvalue weighted by atomic mass is 10.1. The van der Waals surface area contributed by atoms with Gasteiger partial charge in [0.2, 0.25) is 0 Å². The Kier molecular flexibility index (Phi) is 4.06. The highest BCUT2D eigenvalue weighted by molar-refractivity contribution is 6.32. The second kappa shape index (κ2) is 5.94. The van der Waals surface area contributed by atoms with Crippen molar-refractivity contribution in [3.8, 4) is 6.07 Å². The molecule has 0 radical (unpaired) electrons. The van der Waals surface area contributed by atoms with Gasteiger partial charge in [0.15, 0.2) is 6.29 Å². The normalized spacial score (nSPS) is 9.68. The van der Waals surface area contributed by atoms with Crippen molar-refractivity contribution < 1.29 is 4.79 Å². The summed E-state index contributed by atoms with van der Waals surface area (Å²) in [4.78, 5) is 18.6. The molecule has 0 amide bonds. The molecule has 0 saturated heterocycles. The molecule has 19 heavy (non-hydrogen) atoms. The van der Waals surface area contributed by atoms with E-state index in [1.165, 1.54) is 6.33 Å². The minimum absolute atomic E-state index is 0.118. The highest BCUT2D eigenvalue weighted by atomic mass is 35.5. The molecular formula is C13H9ClN4O. The maximum Gasteiger partial charge on any atom is 0.156 e. The summed E-state index contributed by atoms with van der Waals surface area (Å²) in [6.45, 7) is 0.472. The predicted octanol–water partition coefficient (Wildman–Crippen LogP) is 2.43. The van der Waals surface area contributed by atoms with Crippen LogP contribution in [0.25, 0.3) is 0 Å². The summed E-state index contributed by atoms with van der Waals surface area (Å²) in [7, 11) is 0. The van der Waals surface area contributed by atoms with Gasteiger partial charge in [0.25, 0.3) is 0 Å². The molecule has 5 nitrogen and oxygen atoms in total. The molecule has 1 aromatic heterocycles. The quantitative estimate of drug-likeness (QED) is 0.683. The van der Waals surface area contributed by atoms with Crippen LogP contribution in [-0.2, 0) is 6.54 Å². The predicted molar refractivity (Wildman–Crippen MR) is 70.9 cm³/mol. The first kappa shape index (κ1) is 13.0. The first-order valence-electron chi connectivity index (χ1n) is 5.43. The van der Waals surface area contributed by atoms with Gasteiger partial charge in [-0.3, -0.25) is 4.79 Å². The third-order valence-electron chi connectivity index (χ3n) is 2.50. The molecule has 0 bridgehead atoms. The van der Waals surface area contributed by atoms with E-state index in [9.17, 15) is 4.79 Å². The number of rotatable bonds is 4. The molecule has 0 aliphatic heterocycles. The molecule has 0 saturated carbocycles. The van der Waals surface area contributed by atoms with Crippen LogP contribution < -0.4 is 5.32 Å². The van der Waals surface area contributed by atoms with Crippen molar-refractivity contribution in [2.45, 2.75) is 6.54 Å². The average molecular weight is 273 g/mol. The van der Waals surface area contributed by atoms with E-state index < -0.39 is 0 Å². The number of nitrogens with zero attached hydrogens (tertiary/aromatic N) is 3. The standard InChI is InChI=1S/C13H9ClN4O/c14-12-11(7-19)13(18-8-17-12)16-6-10-3-1-9(5-15)2-4-10/h1-4,7-8H,6H2,(H,16,17,18). The fraction of sp³-hybridized carbons (Fsp3) is 0.0769. The van der Waals surface area contributed by atoms with Crippen LogP contribution in [-0.4, -0.2) is 16.3 Å². The van der Waals surface area contributed by atoms with Crippen molar-refractivity contribution in [3.05, 3.63) is 52.4 Å². The number of nitriles is 1. The Morgan fingerprint density at radius 2 is 2.05 bits per heavy atom. The number of anilines is 1. The molecule has 6 heteroatoms. The summed E-state index contributed by atoms with van der Waals surface area (Å²) < 4.78 is 0. The summed E-state index contributed by atoms with van der Waals surface area (Å²) in [6.07, 6.45) is 1.90. The minimum Gasteiger partial charge on any atom is -0.365 e. The van der Waals surface area contributed by atoms with E-state index in [1.54, 1.807) is 12.1 Å². The number of benzene rings is 1. The fourth-order valence-electron chi connectivity index (χ4n) is 1.50. The van der Waals surface area contributed by atoms with Crippen LogP contribution in [0.3, 0.4) is 0 Å². The molecule has 0 aliphatic rings. The Balaban J connectivity index is 2.12. The Hall–Kier alpha value is -2.45. The van der Waals surface area contributed by atoms with Gasteiger partial charge in [-0.2, -0.15) is 5.26 Å². The molecule has 2 aromatic rings. The number of carbonyl (C=O) groups excluding carboxylic acids is 1. The second-order valence-electron chi connectivity index (χ2n) is 3.71. The number of hydrogen-bond donors (Lipinski definition) is 1. The maximum atomic E-state index is 10.9. The number of hydrogen-bond acceptors (Lipinski definition) is 5. The van der Waals surface area contributed by atoms with Crippen LogP contribution in [0, 0.1) is 11.3 Å². The largest absolute Gasteiger partial charge is 0.365 e. The zero-order chi connectivity index (χ0) is 13.7. The van der Waals surface area contributed by atoms with Crippen molar-refractivity contribution >= 4 is 23.7 Å². The van der Waals surface area contributed by atoms with E-state index in [0.29, 0.717) is 24.2 Å². The zero-order valence-corrected chi connectivity index (χ0v) is 10.6. The first-order chi connectivity index (χ1) is 9.24. The molecule has 2 rings (SSSR count). The van der Waals surface area contributed by atoms with Crippen molar-refractivity contribution in [2.24, 2.45) is 0 Å². The first-order valence-corrected chi connectivity index (χ1v) is 5.81. The van der Waals surface area contributed by atoms with Crippen LogP contribution in [0.2, 0.25) is 5.15 Å². The minimum atomic E-state index is 0.118. The molecular weight excluding hydrogens is 264 g/mol. The average Bonchev–Trinajstić information content (AvgIpc) is 2.45. The smallest absolute Gasteiger partial charge is 0.156 e. The zero-order valence-electron chi connectivity index (χ0n) is 9.80. The van der Waals surface area contributed by atoms with E-state index in [0.717, 1.165) is 5.56 Å². The molecule has 1 heterocycles. The lowest BCUT2D eigenvalue weighted by Gasteiger charge is -2.08. The Morgan fingerprint density at radius 3 is 2.68 bits per heavy atom. The second-order valence-corrected chi connectivity index (χ2v) is 4.06. The van der Waals surface area contributed by atoms with Crippen LogP contribution in [0.1, 0.15) is 21.5 Å². The van der Waals surface area contributed by atoms with Crippen LogP contribution in [0.15, 0.2) is 30.6 Å². The summed E-state index contributed by atoms with van der Waals surface area (Å²) >= 11 is 5.79. The van der Waals surface area contributed by atoms with Gasteiger partial charge in [-0.1, -0.05) is 23.7 Å². The van der Waals surface area contributed by atoms with Gasteiger partial charge in [-0.25, -0.2) is 9.97 Å². The number of halogens is 1. The van der Waals surface area contributed by atoms with Crippen molar-refractivity contribution in [1.29, 1.82) is 5.26 Å². The lowest BCUT2D eigenvalue weighted by Crippen LogP contribution is -2.05. The maximum absolute atomic E-state index is 10.9. The Labute approximate surface area is 114 Å². The number of aldehydes is 1.